The molecule has 0 spiro atoms. The minimum Gasteiger partial charge on any atom is -0.383 e. The molecule has 2 N–H and O–H groups in total. The first-order valence-corrected chi connectivity index (χ1v) is 8.88. The Morgan fingerprint density at radius 1 is 1.30 bits per heavy atom. The fourth-order valence-corrected chi connectivity index (χ4v) is 3.65. The van der Waals surface area contributed by atoms with Gasteiger partial charge >= 0.3 is 0 Å². The van der Waals surface area contributed by atoms with Crippen LogP contribution >= 0.6 is 0 Å². The van der Waals surface area contributed by atoms with E-state index < -0.39 is 15.6 Å². The van der Waals surface area contributed by atoms with Gasteiger partial charge in [0.1, 0.15) is 5.60 Å². The van der Waals surface area contributed by atoms with Crippen LogP contribution < -0.4 is 4.72 Å². The molecule has 0 aliphatic heterocycles. The van der Waals surface area contributed by atoms with Gasteiger partial charge in [0, 0.05) is 6.54 Å². The Hall–Kier alpha value is -0.910. The van der Waals surface area contributed by atoms with Crippen molar-refractivity contribution in [3.63, 3.8) is 0 Å². The normalized spacial score (nSPS) is 18.7. The molecule has 1 atom stereocenters. The molecule has 0 saturated heterocycles. The van der Waals surface area contributed by atoms with Crippen molar-refractivity contribution in [3.8, 4) is 0 Å². The average Bonchev–Trinajstić information content (AvgIpc) is 3.29. The molecule has 112 valence electrons. The number of hydrogen-bond donors (Lipinski definition) is 2. The molecule has 5 heteroatoms. The number of benzene rings is 1. The van der Waals surface area contributed by atoms with Gasteiger partial charge in [0.05, 0.1) is 5.75 Å². The van der Waals surface area contributed by atoms with E-state index in [0.29, 0.717) is 6.42 Å². The van der Waals surface area contributed by atoms with Gasteiger partial charge in [-0.3, -0.25) is 0 Å². The Bertz CT molecular complexity index is 525. The zero-order valence-electron chi connectivity index (χ0n) is 11.9. The number of sulfonamides is 1. The predicted molar refractivity (Wildman–Crippen MR) is 79.8 cm³/mol. The first-order valence-electron chi connectivity index (χ1n) is 7.23. The molecule has 0 amide bonds. The maximum Gasteiger partial charge on any atom is 0.211 e. The van der Waals surface area contributed by atoms with Crippen molar-refractivity contribution >= 4 is 10.0 Å². The molecule has 0 radical (unpaired) electrons. The van der Waals surface area contributed by atoms with E-state index in [1.165, 1.54) is 0 Å². The van der Waals surface area contributed by atoms with Crippen LogP contribution in [0.2, 0.25) is 0 Å². The summed E-state index contributed by atoms with van der Waals surface area (Å²) in [4.78, 5) is 0. The van der Waals surface area contributed by atoms with Gasteiger partial charge in [0.25, 0.3) is 0 Å². The lowest BCUT2D eigenvalue weighted by atomic mass is 9.89. The molecule has 1 aliphatic rings. The summed E-state index contributed by atoms with van der Waals surface area (Å²) in [6.45, 7) is 2.02. The van der Waals surface area contributed by atoms with Gasteiger partial charge in [0.15, 0.2) is 0 Å². The maximum atomic E-state index is 11.9. The van der Waals surface area contributed by atoms with E-state index in [1.807, 2.05) is 37.3 Å². The van der Waals surface area contributed by atoms with E-state index in [-0.39, 0.29) is 18.2 Å². The average molecular weight is 297 g/mol. The Balaban J connectivity index is 2.07. The van der Waals surface area contributed by atoms with Crippen molar-refractivity contribution < 1.29 is 13.5 Å². The molecule has 0 heterocycles. The Morgan fingerprint density at radius 3 is 2.50 bits per heavy atom. The van der Waals surface area contributed by atoms with Crippen LogP contribution in [0.25, 0.3) is 0 Å². The molecular formula is C15H23NO3S. The first kappa shape index (κ1) is 15.5. The summed E-state index contributed by atoms with van der Waals surface area (Å²) in [6, 6.07) is 9.35. The van der Waals surface area contributed by atoms with Gasteiger partial charge in [-0.2, -0.15) is 0 Å². The van der Waals surface area contributed by atoms with Crippen LogP contribution in [0.5, 0.6) is 0 Å². The molecule has 1 aromatic carbocycles. The fourth-order valence-electron chi connectivity index (χ4n) is 2.40. The van der Waals surface area contributed by atoms with Crippen molar-refractivity contribution in [3.05, 3.63) is 35.9 Å². The number of aliphatic hydroxyl groups is 1. The van der Waals surface area contributed by atoms with Crippen molar-refractivity contribution in [1.29, 1.82) is 0 Å². The van der Waals surface area contributed by atoms with Crippen LogP contribution in [0.1, 0.15) is 38.2 Å². The number of unbranched alkanes of at least 4 members (excludes halogenated alkanes) is 1. The third-order valence-corrected chi connectivity index (χ3v) is 5.26. The molecule has 0 aromatic heterocycles. The van der Waals surface area contributed by atoms with Crippen molar-refractivity contribution in [2.45, 2.75) is 38.2 Å². The highest BCUT2D eigenvalue weighted by Crippen LogP contribution is 2.45. The molecule has 0 bridgehead atoms. The van der Waals surface area contributed by atoms with Crippen LogP contribution in [0.4, 0.5) is 0 Å². The summed E-state index contributed by atoms with van der Waals surface area (Å²) < 4.78 is 26.4. The molecule has 2 rings (SSSR count). The molecule has 1 aromatic rings. The summed E-state index contributed by atoms with van der Waals surface area (Å²) in [6.07, 6.45) is 3.37. The quantitative estimate of drug-likeness (QED) is 0.771. The third-order valence-electron chi connectivity index (χ3n) is 3.85. The van der Waals surface area contributed by atoms with E-state index in [2.05, 4.69) is 4.72 Å². The van der Waals surface area contributed by atoms with Crippen LogP contribution in [-0.4, -0.2) is 25.8 Å². The monoisotopic (exact) mass is 297 g/mol. The Labute approximate surface area is 121 Å². The topological polar surface area (TPSA) is 66.4 Å². The molecule has 4 nitrogen and oxygen atoms in total. The van der Waals surface area contributed by atoms with Gasteiger partial charge < -0.3 is 5.11 Å². The second kappa shape index (κ2) is 6.24. The van der Waals surface area contributed by atoms with Crippen molar-refractivity contribution in [2.24, 2.45) is 5.92 Å². The first-order chi connectivity index (χ1) is 9.48. The summed E-state index contributed by atoms with van der Waals surface area (Å²) in [5.41, 5.74) is -0.290. The van der Waals surface area contributed by atoms with Gasteiger partial charge in [-0.05, 0) is 30.7 Å². The van der Waals surface area contributed by atoms with E-state index in [4.69, 9.17) is 0 Å². The highest BCUT2D eigenvalue weighted by Gasteiger charge is 2.45. The van der Waals surface area contributed by atoms with E-state index >= 15 is 0 Å². The van der Waals surface area contributed by atoms with E-state index in [1.54, 1.807) is 0 Å². The number of nitrogens with one attached hydrogen (secondary N) is 1. The number of hydrogen-bond acceptors (Lipinski definition) is 3. The molecule has 1 fully saturated rings. The summed E-state index contributed by atoms with van der Waals surface area (Å²) >= 11 is 0. The lowest BCUT2D eigenvalue weighted by molar-refractivity contribution is 0.0185. The third kappa shape index (κ3) is 3.81. The van der Waals surface area contributed by atoms with Crippen molar-refractivity contribution in [1.82, 2.24) is 4.72 Å². The van der Waals surface area contributed by atoms with Gasteiger partial charge in [-0.25, -0.2) is 13.1 Å². The maximum absolute atomic E-state index is 11.9. The molecule has 1 unspecified atom stereocenters. The minimum absolute atomic E-state index is 0.0632. The van der Waals surface area contributed by atoms with Crippen LogP contribution in [0.3, 0.4) is 0 Å². The van der Waals surface area contributed by atoms with E-state index in [9.17, 15) is 13.5 Å². The Morgan fingerprint density at radius 2 is 1.95 bits per heavy atom. The largest absolute Gasteiger partial charge is 0.383 e. The summed E-state index contributed by atoms with van der Waals surface area (Å²) in [5.74, 6) is 0.276. The van der Waals surface area contributed by atoms with Crippen molar-refractivity contribution in [2.75, 3.05) is 12.3 Å². The molecule has 1 saturated carbocycles. The zero-order valence-corrected chi connectivity index (χ0v) is 12.7. The second-order valence-electron chi connectivity index (χ2n) is 5.56. The summed E-state index contributed by atoms with van der Waals surface area (Å²) in [7, 11) is -3.30. The SMILES string of the molecule is CCCCS(=O)(=O)NCC(O)(c1ccccc1)C1CC1. The predicted octanol–water partition coefficient (Wildman–Crippen LogP) is 2.00. The molecular weight excluding hydrogens is 274 g/mol. The molecule has 1 aliphatic carbocycles. The van der Waals surface area contributed by atoms with Gasteiger partial charge in [-0.15, -0.1) is 0 Å². The lowest BCUT2D eigenvalue weighted by Gasteiger charge is -2.29. The minimum atomic E-state index is -3.30. The zero-order chi connectivity index (χ0) is 14.6. The van der Waals surface area contributed by atoms with Gasteiger partial charge in [0.2, 0.25) is 10.0 Å². The van der Waals surface area contributed by atoms with Crippen LogP contribution in [0.15, 0.2) is 30.3 Å². The fraction of sp³-hybridized carbons (Fsp3) is 0.600. The van der Waals surface area contributed by atoms with Crippen LogP contribution in [-0.2, 0) is 15.6 Å². The van der Waals surface area contributed by atoms with Crippen LogP contribution in [0, 0.1) is 5.92 Å². The smallest absolute Gasteiger partial charge is 0.211 e. The van der Waals surface area contributed by atoms with E-state index in [0.717, 1.165) is 24.8 Å². The highest BCUT2D eigenvalue weighted by atomic mass is 32.2. The standard InChI is InChI=1S/C15H23NO3S/c1-2-3-11-20(18,19)16-12-15(17,14-9-10-14)13-7-5-4-6-8-13/h4-8,14,16-17H,2-3,9-12H2,1H3. The second-order valence-corrected chi connectivity index (χ2v) is 7.48. The van der Waals surface area contributed by atoms with Gasteiger partial charge in [-0.1, -0.05) is 43.7 Å². The Kier molecular flexibility index (Phi) is 4.83. The number of rotatable bonds is 8. The highest BCUT2D eigenvalue weighted by molar-refractivity contribution is 7.89. The lowest BCUT2D eigenvalue weighted by Crippen LogP contribution is -2.43. The molecule has 20 heavy (non-hydrogen) atoms. The summed E-state index contributed by atoms with van der Waals surface area (Å²) in [5, 5.41) is 10.9.